The van der Waals surface area contributed by atoms with Crippen LogP contribution < -0.4 is 5.32 Å². The zero-order valence-corrected chi connectivity index (χ0v) is 12.1. The molecule has 1 aliphatic rings. The Bertz CT molecular complexity index is 431. The van der Waals surface area contributed by atoms with Gasteiger partial charge in [0.25, 0.3) is 0 Å². The van der Waals surface area contributed by atoms with E-state index >= 15 is 0 Å². The summed E-state index contributed by atoms with van der Waals surface area (Å²) in [6.07, 6.45) is -2.57. The molecular weight excluding hydrogens is 299 g/mol. The van der Waals surface area contributed by atoms with E-state index in [1.54, 1.807) is 0 Å². The van der Waals surface area contributed by atoms with Crippen molar-refractivity contribution in [1.29, 1.82) is 0 Å². The Labute approximate surface area is 127 Å². The van der Waals surface area contributed by atoms with Gasteiger partial charge < -0.3 is 15.2 Å². The number of carboxylic acids is 1. The molecule has 1 aromatic rings. The fourth-order valence-electron chi connectivity index (χ4n) is 1.98. The van der Waals surface area contributed by atoms with Gasteiger partial charge in [0.05, 0.1) is 6.61 Å². The van der Waals surface area contributed by atoms with Crippen LogP contribution >= 0.6 is 0 Å². The Balaban J connectivity index is 0.000000295. The molecule has 4 nitrogen and oxygen atoms in total. The number of carboxylic acid groups (broad SMARTS) is 1. The molecule has 0 bridgehead atoms. The van der Waals surface area contributed by atoms with Gasteiger partial charge in [0, 0.05) is 6.61 Å². The molecule has 0 amide bonds. The van der Waals surface area contributed by atoms with E-state index < -0.39 is 12.1 Å². The van der Waals surface area contributed by atoms with E-state index in [-0.39, 0.29) is 0 Å². The number of ether oxygens (including phenoxy) is 1. The van der Waals surface area contributed by atoms with Gasteiger partial charge in [0.1, 0.15) is 0 Å². The Morgan fingerprint density at radius 2 is 1.95 bits per heavy atom. The largest absolute Gasteiger partial charge is 0.490 e. The number of rotatable bonds is 5. The normalized spacial score (nSPS) is 17.7. The lowest BCUT2D eigenvalue weighted by Crippen LogP contribution is -2.21. The summed E-state index contributed by atoms with van der Waals surface area (Å²) in [7, 11) is 0. The molecule has 2 rings (SSSR count). The van der Waals surface area contributed by atoms with Gasteiger partial charge in [-0.3, -0.25) is 0 Å². The predicted molar refractivity (Wildman–Crippen MR) is 75.4 cm³/mol. The highest BCUT2D eigenvalue weighted by molar-refractivity contribution is 5.73. The van der Waals surface area contributed by atoms with E-state index in [2.05, 4.69) is 29.6 Å². The van der Waals surface area contributed by atoms with Gasteiger partial charge in [-0.2, -0.15) is 13.2 Å². The van der Waals surface area contributed by atoms with Gasteiger partial charge in [-0.05, 0) is 37.4 Å². The van der Waals surface area contributed by atoms with E-state index in [1.807, 2.05) is 6.07 Å². The summed E-state index contributed by atoms with van der Waals surface area (Å²) < 4.78 is 37.4. The number of aliphatic carboxylic acids is 1. The smallest absolute Gasteiger partial charge is 0.475 e. The minimum Gasteiger partial charge on any atom is -0.475 e. The van der Waals surface area contributed by atoms with Crippen LogP contribution in [0.25, 0.3) is 0 Å². The molecule has 1 aliphatic heterocycles. The number of hydrogen-bond donors (Lipinski definition) is 2. The quantitative estimate of drug-likeness (QED) is 0.820. The second-order valence-electron chi connectivity index (χ2n) is 4.99. The van der Waals surface area contributed by atoms with Crippen LogP contribution in [0.5, 0.6) is 0 Å². The van der Waals surface area contributed by atoms with Crippen molar-refractivity contribution in [3.63, 3.8) is 0 Å². The maximum Gasteiger partial charge on any atom is 0.490 e. The molecule has 0 aromatic heterocycles. The Morgan fingerprint density at radius 1 is 1.32 bits per heavy atom. The standard InChI is InChI=1S/C13H19NO.C2HF3O2/c1-2-4-13(5-3-1)11-15-9-7-12-6-8-14-10-12;3-2(4,5)1(6)7/h1-5,12,14H,6-11H2;(H,6,7)/t12-;/m1./s1. The zero-order chi connectivity index (χ0) is 16.4. The highest BCUT2D eigenvalue weighted by atomic mass is 19.4. The molecular formula is C15H20F3NO3. The number of hydrogen-bond acceptors (Lipinski definition) is 3. The summed E-state index contributed by atoms with van der Waals surface area (Å²) in [4.78, 5) is 8.90. The lowest BCUT2D eigenvalue weighted by molar-refractivity contribution is -0.192. The number of halogens is 3. The lowest BCUT2D eigenvalue weighted by atomic mass is 10.1. The van der Waals surface area contributed by atoms with Gasteiger partial charge in [0.2, 0.25) is 0 Å². The van der Waals surface area contributed by atoms with Gasteiger partial charge in [-0.1, -0.05) is 30.3 Å². The molecule has 1 atom stereocenters. The number of benzene rings is 1. The number of alkyl halides is 3. The van der Waals surface area contributed by atoms with Gasteiger partial charge in [0.15, 0.2) is 0 Å². The van der Waals surface area contributed by atoms with Crippen LogP contribution in [0.4, 0.5) is 13.2 Å². The number of carbonyl (C=O) groups is 1. The van der Waals surface area contributed by atoms with Crippen LogP contribution in [0.3, 0.4) is 0 Å². The molecule has 1 heterocycles. The molecule has 1 fully saturated rings. The Morgan fingerprint density at radius 3 is 2.45 bits per heavy atom. The third-order valence-electron chi connectivity index (χ3n) is 3.19. The van der Waals surface area contributed by atoms with E-state index in [4.69, 9.17) is 14.6 Å². The van der Waals surface area contributed by atoms with Crippen molar-refractivity contribution in [3.05, 3.63) is 35.9 Å². The van der Waals surface area contributed by atoms with Crippen molar-refractivity contribution in [2.24, 2.45) is 5.92 Å². The van der Waals surface area contributed by atoms with E-state index in [1.165, 1.54) is 31.5 Å². The average Bonchev–Trinajstić information content (AvgIpc) is 2.98. The summed E-state index contributed by atoms with van der Waals surface area (Å²) in [5, 5.41) is 10.5. The highest BCUT2D eigenvalue weighted by Gasteiger charge is 2.38. The topological polar surface area (TPSA) is 58.6 Å². The minimum absolute atomic E-state index is 0.751. The van der Waals surface area contributed by atoms with Crippen LogP contribution in [0.15, 0.2) is 30.3 Å². The molecule has 0 saturated carbocycles. The van der Waals surface area contributed by atoms with Crippen LogP contribution in [-0.2, 0) is 16.1 Å². The second kappa shape index (κ2) is 9.42. The van der Waals surface area contributed by atoms with E-state index in [0.717, 1.165) is 19.1 Å². The second-order valence-corrected chi connectivity index (χ2v) is 4.99. The molecule has 0 aliphatic carbocycles. The third-order valence-corrected chi connectivity index (χ3v) is 3.19. The van der Waals surface area contributed by atoms with Crippen LogP contribution in [0.1, 0.15) is 18.4 Å². The van der Waals surface area contributed by atoms with Crippen LogP contribution in [0.2, 0.25) is 0 Å². The van der Waals surface area contributed by atoms with Gasteiger partial charge >= 0.3 is 12.1 Å². The molecule has 1 aromatic carbocycles. The fraction of sp³-hybridized carbons (Fsp3) is 0.533. The van der Waals surface area contributed by atoms with Crippen LogP contribution in [-0.4, -0.2) is 36.9 Å². The molecule has 22 heavy (non-hydrogen) atoms. The van der Waals surface area contributed by atoms with Gasteiger partial charge in [-0.15, -0.1) is 0 Å². The first-order chi connectivity index (χ1) is 10.4. The summed E-state index contributed by atoms with van der Waals surface area (Å²) in [6, 6.07) is 10.4. The SMILES string of the molecule is O=C(O)C(F)(F)F.c1ccc(COCC[C@H]2CCNC2)cc1. The Hall–Kier alpha value is -1.60. The minimum atomic E-state index is -5.08. The first-order valence-corrected chi connectivity index (χ1v) is 7.02. The summed E-state index contributed by atoms with van der Waals surface area (Å²) >= 11 is 0. The zero-order valence-electron chi connectivity index (χ0n) is 12.1. The van der Waals surface area contributed by atoms with Crippen molar-refractivity contribution in [2.75, 3.05) is 19.7 Å². The van der Waals surface area contributed by atoms with E-state index in [0.29, 0.717) is 0 Å². The molecule has 0 radical (unpaired) electrons. The summed E-state index contributed by atoms with van der Waals surface area (Å²) in [5.74, 6) is -1.92. The third kappa shape index (κ3) is 7.99. The molecule has 1 saturated heterocycles. The summed E-state index contributed by atoms with van der Waals surface area (Å²) in [5.41, 5.74) is 1.27. The first-order valence-electron chi connectivity index (χ1n) is 7.02. The molecule has 0 unspecified atom stereocenters. The number of nitrogens with one attached hydrogen (secondary N) is 1. The van der Waals surface area contributed by atoms with Crippen LogP contribution in [0, 0.1) is 5.92 Å². The Kier molecular flexibility index (Phi) is 7.90. The average molecular weight is 319 g/mol. The monoisotopic (exact) mass is 319 g/mol. The van der Waals surface area contributed by atoms with Gasteiger partial charge in [-0.25, -0.2) is 4.79 Å². The van der Waals surface area contributed by atoms with Crippen molar-refractivity contribution in [3.8, 4) is 0 Å². The lowest BCUT2D eigenvalue weighted by Gasteiger charge is -2.08. The highest BCUT2D eigenvalue weighted by Crippen LogP contribution is 2.13. The first kappa shape index (κ1) is 18.4. The molecule has 7 heteroatoms. The van der Waals surface area contributed by atoms with Crippen molar-refractivity contribution in [2.45, 2.75) is 25.6 Å². The molecule has 2 N–H and O–H groups in total. The van der Waals surface area contributed by atoms with Crippen molar-refractivity contribution in [1.82, 2.24) is 5.32 Å². The fourth-order valence-corrected chi connectivity index (χ4v) is 1.98. The predicted octanol–water partition coefficient (Wildman–Crippen LogP) is 2.84. The molecule has 0 spiro atoms. The molecule has 124 valence electrons. The summed E-state index contributed by atoms with van der Waals surface area (Å²) in [6.45, 7) is 4.00. The van der Waals surface area contributed by atoms with E-state index in [9.17, 15) is 13.2 Å². The van der Waals surface area contributed by atoms with Crippen molar-refractivity contribution >= 4 is 5.97 Å². The maximum atomic E-state index is 10.6. The van der Waals surface area contributed by atoms with Crippen molar-refractivity contribution < 1.29 is 27.8 Å². The maximum absolute atomic E-state index is 10.6.